The van der Waals surface area contributed by atoms with Crippen LogP contribution in [0.3, 0.4) is 0 Å². The molecule has 2 amide bonds. The minimum Gasteiger partial charge on any atom is -0.447 e. The van der Waals surface area contributed by atoms with Gasteiger partial charge in [0, 0.05) is 23.4 Å². The van der Waals surface area contributed by atoms with Gasteiger partial charge in [0.25, 0.3) is 0 Å². The van der Waals surface area contributed by atoms with Gasteiger partial charge in [-0.3, -0.25) is 9.69 Å². The van der Waals surface area contributed by atoms with Gasteiger partial charge >= 0.3 is 6.09 Å². The molecule has 0 spiro atoms. The van der Waals surface area contributed by atoms with Crippen molar-refractivity contribution in [3.8, 4) is 16.9 Å². The molecule has 0 saturated carbocycles. The minimum absolute atomic E-state index is 0.0385. The minimum atomic E-state index is -0.611. The van der Waals surface area contributed by atoms with Gasteiger partial charge in [-0.1, -0.05) is 23.7 Å². The number of nitrogens with zero attached hydrogens (tertiary/aromatic N) is 7. The molecule has 3 aliphatic heterocycles. The summed E-state index contributed by atoms with van der Waals surface area (Å²) in [5, 5.41) is 11.2. The molecule has 0 radical (unpaired) electrons. The highest BCUT2D eigenvalue weighted by atomic mass is 35.5. The number of carbonyl (C=O) groups excluding carboxylic acids is 2. The van der Waals surface area contributed by atoms with E-state index >= 15 is 4.39 Å². The lowest BCUT2D eigenvalue weighted by Gasteiger charge is -2.33. The van der Waals surface area contributed by atoms with Crippen molar-refractivity contribution in [1.29, 1.82) is 0 Å². The van der Waals surface area contributed by atoms with Gasteiger partial charge in [0.15, 0.2) is 5.82 Å². The molecule has 13 heteroatoms. The van der Waals surface area contributed by atoms with Gasteiger partial charge in [0.1, 0.15) is 18.8 Å². The van der Waals surface area contributed by atoms with Crippen LogP contribution in [0.1, 0.15) is 36.7 Å². The second kappa shape index (κ2) is 9.56. The number of hydrogen-bond acceptors (Lipinski definition) is 7. The van der Waals surface area contributed by atoms with Crippen LogP contribution in [0.5, 0.6) is 0 Å². The Morgan fingerprint density at radius 3 is 2.70 bits per heavy atom. The number of aromatic nitrogens is 6. The van der Waals surface area contributed by atoms with Crippen LogP contribution in [0.4, 0.5) is 14.9 Å². The summed E-state index contributed by atoms with van der Waals surface area (Å²) in [5.74, 6) is -0.131. The number of imidazole rings is 1. The first-order chi connectivity index (χ1) is 19.5. The SMILES string of the molecule is O=C1OCCN1c1ccc(-c2cnc([C@@H]3CCC4CC(c5c(-n6cnnn6)ccc(Cl)c5F)=CC(=O)N43)[nH]2)cc1. The molecule has 202 valence electrons. The zero-order valence-electron chi connectivity index (χ0n) is 21.0. The third kappa shape index (κ3) is 4.02. The topological polar surface area (TPSA) is 122 Å². The highest BCUT2D eigenvalue weighted by molar-refractivity contribution is 6.31. The molecule has 40 heavy (non-hydrogen) atoms. The Morgan fingerprint density at radius 1 is 1.10 bits per heavy atom. The van der Waals surface area contributed by atoms with E-state index in [4.69, 9.17) is 16.3 Å². The van der Waals surface area contributed by atoms with Crippen LogP contribution in [-0.2, 0) is 9.53 Å². The molecule has 1 N–H and O–H groups in total. The predicted molar refractivity (Wildman–Crippen MR) is 142 cm³/mol. The van der Waals surface area contributed by atoms with Gasteiger partial charge in [0.2, 0.25) is 5.91 Å². The van der Waals surface area contributed by atoms with Crippen LogP contribution in [0.2, 0.25) is 5.02 Å². The van der Waals surface area contributed by atoms with Crippen molar-refractivity contribution in [2.45, 2.75) is 31.3 Å². The summed E-state index contributed by atoms with van der Waals surface area (Å²) in [6, 6.07) is 10.3. The highest BCUT2D eigenvalue weighted by Gasteiger charge is 2.42. The lowest BCUT2D eigenvalue weighted by molar-refractivity contribution is -0.129. The first kappa shape index (κ1) is 24.5. The summed E-state index contributed by atoms with van der Waals surface area (Å²) in [6.07, 6.45) is 6.17. The van der Waals surface area contributed by atoms with Crippen molar-refractivity contribution in [3.05, 3.63) is 77.2 Å². The molecule has 2 aromatic heterocycles. The van der Waals surface area contributed by atoms with E-state index in [9.17, 15) is 9.59 Å². The average Bonchev–Trinajstić information content (AvgIpc) is 3.77. The number of nitrogens with one attached hydrogen (secondary N) is 1. The Balaban J connectivity index is 1.15. The van der Waals surface area contributed by atoms with Crippen molar-refractivity contribution >= 4 is 34.9 Å². The monoisotopic (exact) mass is 560 g/mol. The van der Waals surface area contributed by atoms with Crippen LogP contribution in [0, 0.1) is 5.82 Å². The zero-order chi connectivity index (χ0) is 27.4. The first-order valence-electron chi connectivity index (χ1n) is 12.8. The van der Waals surface area contributed by atoms with E-state index in [-0.39, 0.29) is 34.7 Å². The summed E-state index contributed by atoms with van der Waals surface area (Å²) >= 11 is 6.12. The van der Waals surface area contributed by atoms with Gasteiger partial charge < -0.3 is 14.6 Å². The molecule has 2 atom stereocenters. The van der Waals surface area contributed by atoms with Gasteiger partial charge in [-0.15, -0.1) is 5.10 Å². The van der Waals surface area contributed by atoms with Crippen molar-refractivity contribution in [2.75, 3.05) is 18.1 Å². The molecule has 7 rings (SSSR count). The maximum atomic E-state index is 15.3. The van der Waals surface area contributed by atoms with Crippen LogP contribution >= 0.6 is 11.6 Å². The number of fused-ring (bicyclic) bond motifs is 1. The molecule has 3 aliphatic rings. The fourth-order valence-electron chi connectivity index (χ4n) is 5.81. The number of anilines is 1. The Labute approximate surface area is 232 Å². The van der Waals surface area contributed by atoms with E-state index in [1.165, 1.54) is 23.2 Å². The molecule has 4 aromatic rings. The number of H-pyrrole nitrogens is 1. The summed E-state index contributed by atoms with van der Waals surface area (Å²) < 4.78 is 21.7. The molecular weight excluding hydrogens is 539 g/mol. The van der Waals surface area contributed by atoms with Crippen LogP contribution in [-0.4, -0.2) is 66.3 Å². The fourth-order valence-corrected chi connectivity index (χ4v) is 5.96. The summed E-state index contributed by atoms with van der Waals surface area (Å²) in [4.78, 5) is 36.7. The molecule has 2 aromatic carbocycles. The average molecular weight is 561 g/mol. The van der Waals surface area contributed by atoms with Gasteiger partial charge in [-0.05, 0) is 65.1 Å². The summed E-state index contributed by atoms with van der Waals surface area (Å²) in [7, 11) is 0. The summed E-state index contributed by atoms with van der Waals surface area (Å²) in [5.41, 5.74) is 3.68. The fraction of sp³-hybridized carbons (Fsp3) is 0.259. The smallest absolute Gasteiger partial charge is 0.414 e. The zero-order valence-corrected chi connectivity index (χ0v) is 21.8. The quantitative estimate of drug-likeness (QED) is 0.386. The van der Waals surface area contributed by atoms with E-state index in [2.05, 4.69) is 25.5 Å². The number of benzene rings is 2. The van der Waals surface area contributed by atoms with E-state index in [0.717, 1.165) is 29.8 Å². The Hall–Kier alpha value is -4.58. The number of ether oxygens (including phenoxy) is 1. The van der Waals surface area contributed by atoms with E-state index in [1.807, 2.05) is 29.2 Å². The Kier molecular flexibility index (Phi) is 5.84. The van der Waals surface area contributed by atoms with Crippen LogP contribution < -0.4 is 4.90 Å². The lowest BCUT2D eigenvalue weighted by Crippen LogP contribution is -2.39. The molecule has 1 unspecified atom stereocenters. The van der Waals surface area contributed by atoms with E-state index < -0.39 is 5.82 Å². The molecular formula is C27H22ClFN8O3. The number of amides is 2. The highest BCUT2D eigenvalue weighted by Crippen LogP contribution is 2.44. The Bertz CT molecular complexity index is 1650. The van der Waals surface area contributed by atoms with Gasteiger partial charge in [0.05, 0.1) is 35.2 Å². The van der Waals surface area contributed by atoms with Crippen molar-refractivity contribution in [2.24, 2.45) is 0 Å². The molecule has 5 heterocycles. The molecule has 11 nitrogen and oxygen atoms in total. The molecule has 0 aliphatic carbocycles. The second-order valence-electron chi connectivity index (χ2n) is 9.87. The Morgan fingerprint density at radius 2 is 1.95 bits per heavy atom. The molecule has 2 fully saturated rings. The van der Waals surface area contributed by atoms with Gasteiger partial charge in [-0.25, -0.2) is 14.2 Å². The second-order valence-corrected chi connectivity index (χ2v) is 10.3. The number of cyclic esters (lactones) is 1. The maximum absolute atomic E-state index is 15.3. The van der Waals surface area contributed by atoms with Gasteiger partial charge in [-0.2, -0.15) is 4.68 Å². The number of hydrogen-bond donors (Lipinski definition) is 1. The maximum Gasteiger partial charge on any atom is 0.414 e. The van der Waals surface area contributed by atoms with E-state index in [1.54, 1.807) is 17.2 Å². The van der Waals surface area contributed by atoms with Crippen LogP contribution in [0.15, 0.2) is 55.0 Å². The first-order valence-corrected chi connectivity index (χ1v) is 13.2. The number of rotatable bonds is 5. The van der Waals surface area contributed by atoms with Crippen molar-refractivity contribution in [3.63, 3.8) is 0 Å². The third-order valence-corrected chi connectivity index (χ3v) is 7.95. The third-order valence-electron chi connectivity index (χ3n) is 7.66. The lowest BCUT2D eigenvalue weighted by atomic mass is 9.92. The number of tetrazole rings is 1. The standard InChI is InChI=1S/C27H22ClFN8O3/c28-19-6-8-21(36-14-31-33-34-36)24(25(19)29)16-11-18-5-7-22(37(18)23(38)12-16)26-30-13-20(32-26)15-1-3-17(4-2-15)35-9-10-40-27(35)39/h1-4,6,8,12-14,18,22H,5,7,9-11H2,(H,30,32)/t18?,22-/m0/s1. The van der Waals surface area contributed by atoms with Crippen molar-refractivity contribution < 1.29 is 18.7 Å². The predicted octanol–water partition coefficient (Wildman–Crippen LogP) is 4.32. The normalized spacial score (nSPS) is 20.6. The van der Waals surface area contributed by atoms with Crippen LogP contribution in [0.25, 0.3) is 22.5 Å². The number of carbonyl (C=O) groups is 2. The molecule has 2 saturated heterocycles. The largest absolute Gasteiger partial charge is 0.447 e. The number of halogens is 2. The molecule has 0 bridgehead atoms. The summed E-state index contributed by atoms with van der Waals surface area (Å²) in [6.45, 7) is 0.908. The van der Waals surface area contributed by atoms with E-state index in [0.29, 0.717) is 36.7 Å². The number of aromatic amines is 1. The van der Waals surface area contributed by atoms with Crippen molar-refractivity contribution in [1.82, 2.24) is 35.1 Å².